The summed E-state index contributed by atoms with van der Waals surface area (Å²) in [4.78, 5) is 2.52. The Kier molecular flexibility index (Phi) is 5.92. The summed E-state index contributed by atoms with van der Waals surface area (Å²) in [6.45, 7) is 12.1. The van der Waals surface area contributed by atoms with E-state index in [0.717, 1.165) is 25.4 Å². The lowest BCUT2D eigenvalue weighted by atomic mass is 10.0. The van der Waals surface area contributed by atoms with Crippen LogP contribution in [0.4, 0.5) is 5.69 Å². The van der Waals surface area contributed by atoms with Crippen LogP contribution < -0.4 is 15.0 Å². The molecular weight excluding hydrogens is 260 g/mol. The Balaban J connectivity index is 2.04. The van der Waals surface area contributed by atoms with Crippen LogP contribution in [0.25, 0.3) is 0 Å². The Hall–Kier alpha value is -1.22. The van der Waals surface area contributed by atoms with Gasteiger partial charge in [-0.2, -0.15) is 0 Å². The van der Waals surface area contributed by atoms with E-state index < -0.39 is 0 Å². The summed E-state index contributed by atoms with van der Waals surface area (Å²) in [5.41, 5.74) is 1.31. The number of benzene rings is 1. The second kappa shape index (κ2) is 7.69. The van der Waals surface area contributed by atoms with Gasteiger partial charge in [0.05, 0.1) is 6.10 Å². The molecule has 2 unspecified atom stereocenters. The molecule has 1 aromatic rings. The molecule has 0 spiro atoms. The first-order chi connectivity index (χ1) is 10.1. The highest BCUT2D eigenvalue weighted by Gasteiger charge is 2.18. The van der Waals surface area contributed by atoms with Crippen LogP contribution in [-0.4, -0.2) is 31.8 Å². The highest BCUT2D eigenvalue weighted by atomic mass is 16.5. The summed E-state index contributed by atoms with van der Waals surface area (Å²) in [6, 6.07) is 9.22. The molecule has 1 aliphatic rings. The second-order valence-corrected chi connectivity index (χ2v) is 6.51. The molecule has 21 heavy (non-hydrogen) atoms. The lowest BCUT2D eigenvalue weighted by Crippen LogP contribution is -2.43. The van der Waals surface area contributed by atoms with Crippen molar-refractivity contribution >= 4 is 5.69 Å². The summed E-state index contributed by atoms with van der Waals surface area (Å²) >= 11 is 0. The van der Waals surface area contributed by atoms with Gasteiger partial charge in [0, 0.05) is 24.8 Å². The Bertz CT molecular complexity index is 416. The topological polar surface area (TPSA) is 24.5 Å². The molecule has 3 nitrogen and oxygen atoms in total. The van der Waals surface area contributed by atoms with Crippen molar-refractivity contribution in [2.75, 3.05) is 24.5 Å². The SMILES string of the molecule is CCC1CCN(c2ccc(OC(C)C)cc2)CC(C)CN1. The predicted octanol–water partition coefficient (Wildman–Crippen LogP) is 3.69. The van der Waals surface area contributed by atoms with Crippen molar-refractivity contribution in [3.8, 4) is 5.75 Å². The van der Waals surface area contributed by atoms with Gasteiger partial charge < -0.3 is 15.0 Å². The molecule has 1 heterocycles. The Morgan fingerprint density at radius 1 is 1.29 bits per heavy atom. The maximum Gasteiger partial charge on any atom is 0.119 e. The van der Waals surface area contributed by atoms with Gasteiger partial charge in [-0.05, 0) is 63.4 Å². The highest BCUT2D eigenvalue weighted by molar-refractivity contribution is 5.49. The summed E-state index contributed by atoms with van der Waals surface area (Å²) < 4.78 is 5.73. The fraction of sp³-hybridized carbons (Fsp3) is 0.667. The minimum Gasteiger partial charge on any atom is -0.491 e. The third-order valence-electron chi connectivity index (χ3n) is 4.10. The van der Waals surface area contributed by atoms with Gasteiger partial charge in [0.15, 0.2) is 0 Å². The average molecular weight is 290 g/mol. The summed E-state index contributed by atoms with van der Waals surface area (Å²) in [5, 5.41) is 3.68. The van der Waals surface area contributed by atoms with Crippen LogP contribution in [0.3, 0.4) is 0 Å². The molecule has 0 aromatic heterocycles. The fourth-order valence-electron chi connectivity index (χ4n) is 2.90. The third kappa shape index (κ3) is 4.92. The number of rotatable bonds is 4. The Morgan fingerprint density at radius 3 is 2.62 bits per heavy atom. The van der Waals surface area contributed by atoms with Crippen LogP contribution in [0, 0.1) is 5.92 Å². The van der Waals surface area contributed by atoms with Gasteiger partial charge in [-0.1, -0.05) is 13.8 Å². The van der Waals surface area contributed by atoms with Crippen LogP contribution in [0.1, 0.15) is 40.5 Å². The van der Waals surface area contributed by atoms with Crippen molar-refractivity contribution in [1.29, 1.82) is 0 Å². The first-order valence-corrected chi connectivity index (χ1v) is 8.33. The molecule has 1 aliphatic heterocycles. The van der Waals surface area contributed by atoms with Crippen molar-refractivity contribution in [3.05, 3.63) is 24.3 Å². The highest BCUT2D eigenvalue weighted by Crippen LogP contribution is 2.22. The van der Waals surface area contributed by atoms with E-state index in [-0.39, 0.29) is 6.10 Å². The van der Waals surface area contributed by atoms with Gasteiger partial charge in [0.1, 0.15) is 5.75 Å². The quantitative estimate of drug-likeness (QED) is 0.915. The number of hydrogen-bond donors (Lipinski definition) is 1. The van der Waals surface area contributed by atoms with E-state index in [1.54, 1.807) is 0 Å². The van der Waals surface area contributed by atoms with Crippen LogP contribution in [0.15, 0.2) is 24.3 Å². The van der Waals surface area contributed by atoms with E-state index in [4.69, 9.17) is 4.74 Å². The normalized spacial score (nSPS) is 23.8. The maximum absolute atomic E-state index is 5.73. The van der Waals surface area contributed by atoms with Gasteiger partial charge >= 0.3 is 0 Å². The van der Waals surface area contributed by atoms with Crippen molar-refractivity contribution in [1.82, 2.24) is 5.32 Å². The zero-order valence-corrected chi connectivity index (χ0v) is 13.9. The minimum absolute atomic E-state index is 0.231. The van der Waals surface area contributed by atoms with Crippen LogP contribution in [-0.2, 0) is 0 Å². The smallest absolute Gasteiger partial charge is 0.119 e. The number of nitrogens with one attached hydrogen (secondary N) is 1. The summed E-state index contributed by atoms with van der Waals surface area (Å²) in [6.07, 6.45) is 2.66. The van der Waals surface area contributed by atoms with Gasteiger partial charge in [-0.25, -0.2) is 0 Å². The molecule has 1 aromatic carbocycles. The number of hydrogen-bond acceptors (Lipinski definition) is 3. The van der Waals surface area contributed by atoms with Crippen molar-refractivity contribution in [2.24, 2.45) is 5.92 Å². The van der Waals surface area contributed by atoms with E-state index in [1.165, 1.54) is 18.5 Å². The van der Waals surface area contributed by atoms with Crippen molar-refractivity contribution in [3.63, 3.8) is 0 Å². The lowest BCUT2D eigenvalue weighted by Gasteiger charge is -2.33. The third-order valence-corrected chi connectivity index (χ3v) is 4.10. The van der Waals surface area contributed by atoms with Crippen LogP contribution in [0.5, 0.6) is 5.75 Å². The largest absolute Gasteiger partial charge is 0.491 e. The average Bonchev–Trinajstić information content (AvgIpc) is 2.44. The fourth-order valence-corrected chi connectivity index (χ4v) is 2.90. The van der Waals surface area contributed by atoms with Crippen LogP contribution in [0.2, 0.25) is 0 Å². The number of anilines is 1. The summed E-state index contributed by atoms with van der Waals surface area (Å²) in [5.74, 6) is 1.63. The van der Waals surface area contributed by atoms with Crippen molar-refractivity contribution in [2.45, 2.75) is 52.7 Å². The molecule has 0 amide bonds. The second-order valence-electron chi connectivity index (χ2n) is 6.51. The first-order valence-electron chi connectivity index (χ1n) is 8.33. The first kappa shape index (κ1) is 16.2. The van der Waals surface area contributed by atoms with Crippen LogP contribution >= 0.6 is 0 Å². The van der Waals surface area contributed by atoms with E-state index in [9.17, 15) is 0 Å². The minimum atomic E-state index is 0.231. The lowest BCUT2D eigenvalue weighted by molar-refractivity contribution is 0.242. The van der Waals surface area contributed by atoms with Gasteiger partial charge in [0.2, 0.25) is 0 Å². The Labute approximate surface area is 129 Å². The Morgan fingerprint density at radius 2 is 2.00 bits per heavy atom. The van der Waals surface area contributed by atoms with E-state index in [0.29, 0.717) is 12.0 Å². The molecule has 1 N–H and O–H groups in total. The molecule has 1 fully saturated rings. The van der Waals surface area contributed by atoms with E-state index >= 15 is 0 Å². The predicted molar refractivity (Wildman–Crippen MR) is 90.3 cm³/mol. The molecule has 2 atom stereocenters. The molecule has 0 radical (unpaired) electrons. The van der Waals surface area contributed by atoms with Gasteiger partial charge in [-0.15, -0.1) is 0 Å². The monoisotopic (exact) mass is 290 g/mol. The molecule has 2 rings (SSSR count). The van der Waals surface area contributed by atoms with Gasteiger partial charge in [-0.3, -0.25) is 0 Å². The molecular formula is C18H30N2O. The molecule has 118 valence electrons. The van der Waals surface area contributed by atoms with E-state index in [1.807, 2.05) is 0 Å². The molecule has 0 saturated carbocycles. The van der Waals surface area contributed by atoms with E-state index in [2.05, 4.69) is 62.2 Å². The van der Waals surface area contributed by atoms with Crippen molar-refractivity contribution < 1.29 is 4.74 Å². The summed E-state index contributed by atoms with van der Waals surface area (Å²) in [7, 11) is 0. The molecule has 0 bridgehead atoms. The molecule has 1 saturated heterocycles. The number of ether oxygens (including phenoxy) is 1. The van der Waals surface area contributed by atoms with Gasteiger partial charge in [0.25, 0.3) is 0 Å². The zero-order valence-electron chi connectivity index (χ0n) is 13.9. The molecule has 0 aliphatic carbocycles. The zero-order chi connectivity index (χ0) is 15.2. The standard InChI is InChI=1S/C18H30N2O/c1-5-16-10-11-20(13-15(4)12-19-16)17-6-8-18(9-7-17)21-14(2)3/h6-9,14-16,19H,5,10-13H2,1-4H3. The molecule has 3 heteroatoms. The maximum atomic E-state index is 5.73. The number of nitrogens with zero attached hydrogens (tertiary/aromatic N) is 1.